The van der Waals surface area contributed by atoms with Gasteiger partial charge in [-0.05, 0) is 30.3 Å². The smallest absolute Gasteiger partial charge is 0.344 e. The molecule has 0 amide bonds. The van der Waals surface area contributed by atoms with Crippen molar-refractivity contribution in [2.75, 3.05) is 26.4 Å². The highest BCUT2D eigenvalue weighted by Crippen LogP contribution is 2.30. The molecule has 0 aromatic heterocycles. The second-order valence-electron chi connectivity index (χ2n) is 5.48. The molecule has 1 aliphatic rings. The number of ether oxygens (including phenoxy) is 4. The Balaban J connectivity index is 1.47. The van der Waals surface area contributed by atoms with E-state index in [0.717, 1.165) is 0 Å². The predicted molar refractivity (Wildman–Crippen MR) is 91.3 cm³/mol. The molecule has 0 saturated carbocycles. The van der Waals surface area contributed by atoms with E-state index in [0.29, 0.717) is 30.3 Å². The summed E-state index contributed by atoms with van der Waals surface area (Å²) in [4.78, 5) is 33.9. The highest BCUT2D eigenvalue weighted by atomic mass is 16.6. The van der Waals surface area contributed by atoms with Gasteiger partial charge in [-0.2, -0.15) is 0 Å². The average Bonchev–Trinajstić information content (AvgIpc) is 2.70. The SMILES string of the molecule is O=C(COc1ccc([N+](=O)[O-])cc1)OCC(=O)c1ccc2c(c1)OCCO2. The zero-order chi connectivity index (χ0) is 19.2. The molecule has 0 unspecified atom stereocenters. The van der Waals surface area contributed by atoms with E-state index in [-0.39, 0.29) is 11.4 Å². The minimum Gasteiger partial charge on any atom is -0.486 e. The standard InChI is InChI=1S/C18H15NO8/c20-15(12-1-6-16-17(9-12)25-8-7-24-16)10-27-18(21)11-26-14-4-2-13(3-5-14)19(22)23/h1-6,9H,7-8,10-11H2. The fraction of sp³-hybridized carbons (Fsp3) is 0.222. The van der Waals surface area contributed by atoms with E-state index in [1.54, 1.807) is 12.1 Å². The van der Waals surface area contributed by atoms with E-state index < -0.39 is 29.9 Å². The average molecular weight is 373 g/mol. The van der Waals surface area contributed by atoms with Crippen LogP contribution in [-0.4, -0.2) is 43.1 Å². The molecule has 9 nitrogen and oxygen atoms in total. The summed E-state index contributed by atoms with van der Waals surface area (Å²) in [5, 5.41) is 10.6. The van der Waals surface area contributed by atoms with Gasteiger partial charge in [0.15, 0.2) is 30.5 Å². The van der Waals surface area contributed by atoms with Gasteiger partial charge in [0.25, 0.3) is 5.69 Å². The lowest BCUT2D eigenvalue weighted by atomic mass is 10.1. The fourth-order valence-electron chi connectivity index (χ4n) is 2.29. The topological polar surface area (TPSA) is 114 Å². The highest BCUT2D eigenvalue weighted by Gasteiger charge is 2.16. The molecular formula is C18H15NO8. The summed E-state index contributed by atoms with van der Waals surface area (Å²) in [5.74, 6) is 0.178. The molecule has 0 bridgehead atoms. The van der Waals surface area contributed by atoms with Crippen molar-refractivity contribution in [2.45, 2.75) is 0 Å². The Kier molecular flexibility index (Phi) is 5.50. The van der Waals surface area contributed by atoms with Gasteiger partial charge < -0.3 is 18.9 Å². The lowest BCUT2D eigenvalue weighted by molar-refractivity contribution is -0.384. The third kappa shape index (κ3) is 4.72. The Morgan fingerprint density at radius 3 is 2.41 bits per heavy atom. The highest BCUT2D eigenvalue weighted by molar-refractivity contribution is 5.98. The molecule has 1 heterocycles. The first kappa shape index (κ1) is 18.2. The molecule has 0 saturated heterocycles. The molecule has 2 aromatic carbocycles. The van der Waals surface area contributed by atoms with Crippen LogP contribution in [0.1, 0.15) is 10.4 Å². The molecule has 0 fully saturated rings. The Morgan fingerprint density at radius 1 is 1.00 bits per heavy atom. The van der Waals surface area contributed by atoms with Crippen molar-refractivity contribution < 1.29 is 33.5 Å². The van der Waals surface area contributed by atoms with Gasteiger partial charge in [0.2, 0.25) is 0 Å². The molecule has 27 heavy (non-hydrogen) atoms. The van der Waals surface area contributed by atoms with Crippen LogP contribution in [0.25, 0.3) is 0 Å². The number of carbonyl (C=O) groups is 2. The van der Waals surface area contributed by atoms with Crippen LogP contribution in [0.3, 0.4) is 0 Å². The summed E-state index contributed by atoms with van der Waals surface area (Å²) in [6, 6.07) is 9.98. The first-order chi connectivity index (χ1) is 13.0. The van der Waals surface area contributed by atoms with Crippen LogP contribution >= 0.6 is 0 Å². The van der Waals surface area contributed by atoms with Gasteiger partial charge in [-0.15, -0.1) is 0 Å². The lowest BCUT2D eigenvalue weighted by Crippen LogP contribution is -2.20. The van der Waals surface area contributed by atoms with E-state index in [2.05, 4.69) is 0 Å². The van der Waals surface area contributed by atoms with E-state index in [9.17, 15) is 19.7 Å². The van der Waals surface area contributed by atoms with E-state index in [1.807, 2.05) is 0 Å². The number of benzene rings is 2. The molecule has 0 atom stereocenters. The molecule has 9 heteroatoms. The van der Waals surface area contributed by atoms with Crippen molar-refractivity contribution >= 4 is 17.4 Å². The zero-order valence-corrected chi connectivity index (χ0v) is 14.1. The number of hydrogen-bond acceptors (Lipinski definition) is 8. The number of Topliss-reactive ketones (excluding diaryl/α,β-unsaturated/α-hetero) is 1. The number of rotatable bonds is 7. The summed E-state index contributed by atoms with van der Waals surface area (Å²) in [6.07, 6.45) is 0. The number of ketones is 1. The first-order valence-corrected chi connectivity index (χ1v) is 7.98. The van der Waals surface area contributed by atoms with Crippen molar-refractivity contribution in [3.63, 3.8) is 0 Å². The molecule has 140 valence electrons. The van der Waals surface area contributed by atoms with Crippen molar-refractivity contribution in [1.29, 1.82) is 0 Å². The van der Waals surface area contributed by atoms with Crippen LogP contribution in [-0.2, 0) is 9.53 Å². The van der Waals surface area contributed by atoms with Crippen LogP contribution < -0.4 is 14.2 Å². The molecule has 2 aromatic rings. The minimum absolute atomic E-state index is 0.0880. The third-order valence-electron chi connectivity index (χ3n) is 3.63. The number of carbonyl (C=O) groups excluding carboxylic acids is 2. The van der Waals surface area contributed by atoms with E-state index in [1.165, 1.54) is 30.3 Å². The normalized spacial score (nSPS) is 12.1. The second kappa shape index (κ2) is 8.17. The third-order valence-corrected chi connectivity index (χ3v) is 3.63. The summed E-state index contributed by atoms with van der Waals surface area (Å²) in [5.41, 5.74) is 0.248. The summed E-state index contributed by atoms with van der Waals surface area (Å²) in [6.45, 7) is -0.0133. The summed E-state index contributed by atoms with van der Waals surface area (Å²) < 4.78 is 20.8. The maximum Gasteiger partial charge on any atom is 0.344 e. The monoisotopic (exact) mass is 373 g/mol. The molecule has 1 aliphatic heterocycles. The maximum atomic E-state index is 12.1. The second-order valence-corrected chi connectivity index (χ2v) is 5.48. The van der Waals surface area contributed by atoms with Crippen molar-refractivity contribution in [1.82, 2.24) is 0 Å². The van der Waals surface area contributed by atoms with Gasteiger partial charge in [0, 0.05) is 17.7 Å². The Labute approximate surface area is 153 Å². The first-order valence-electron chi connectivity index (χ1n) is 7.98. The molecule has 0 radical (unpaired) electrons. The number of nitro benzene ring substituents is 1. The number of esters is 1. The Bertz CT molecular complexity index is 862. The van der Waals surface area contributed by atoms with Gasteiger partial charge in [0.05, 0.1) is 4.92 Å². The molecule has 0 spiro atoms. The van der Waals surface area contributed by atoms with Crippen LogP contribution in [0.15, 0.2) is 42.5 Å². The predicted octanol–water partition coefficient (Wildman–Crippen LogP) is 2.17. The molecule has 0 aliphatic carbocycles. The largest absolute Gasteiger partial charge is 0.486 e. The quantitative estimate of drug-likeness (QED) is 0.314. The number of nitro groups is 1. The van der Waals surface area contributed by atoms with Crippen molar-refractivity contribution in [3.8, 4) is 17.2 Å². The molecular weight excluding hydrogens is 358 g/mol. The Hall–Kier alpha value is -3.62. The van der Waals surface area contributed by atoms with Gasteiger partial charge >= 0.3 is 5.97 Å². The van der Waals surface area contributed by atoms with Crippen LogP contribution in [0, 0.1) is 10.1 Å². The Morgan fingerprint density at radius 2 is 1.70 bits per heavy atom. The number of nitrogens with zero attached hydrogens (tertiary/aromatic N) is 1. The minimum atomic E-state index is -0.737. The molecule has 3 rings (SSSR count). The number of fused-ring (bicyclic) bond motifs is 1. The van der Waals surface area contributed by atoms with Gasteiger partial charge in [0.1, 0.15) is 19.0 Å². The van der Waals surface area contributed by atoms with Gasteiger partial charge in [-0.3, -0.25) is 14.9 Å². The van der Waals surface area contributed by atoms with Gasteiger partial charge in [-0.1, -0.05) is 0 Å². The van der Waals surface area contributed by atoms with Crippen LogP contribution in [0.5, 0.6) is 17.2 Å². The zero-order valence-electron chi connectivity index (χ0n) is 14.1. The van der Waals surface area contributed by atoms with Crippen molar-refractivity contribution in [3.05, 3.63) is 58.1 Å². The maximum absolute atomic E-state index is 12.1. The number of non-ortho nitro benzene ring substituents is 1. The van der Waals surface area contributed by atoms with Crippen LogP contribution in [0.4, 0.5) is 5.69 Å². The lowest BCUT2D eigenvalue weighted by Gasteiger charge is -2.18. The summed E-state index contributed by atoms with van der Waals surface area (Å²) >= 11 is 0. The van der Waals surface area contributed by atoms with Crippen molar-refractivity contribution in [2.24, 2.45) is 0 Å². The van der Waals surface area contributed by atoms with Crippen LogP contribution in [0.2, 0.25) is 0 Å². The van der Waals surface area contributed by atoms with Gasteiger partial charge in [-0.25, -0.2) is 4.79 Å². The molecule has 0 N–H and O–H groups in total. The van der Waals surface area contributed by atoms with E-state index >= 15 is 0 Å². The number of hydrogen-bond donors (Lipinski definition) is 0. The summed E-state index contributed by atoms with van der Waals surface area (Å²) in [7, 11) is 0. The fourth-order valence-corrected chi connectivity index (χ4v) is 2.29. The van der Waals surface area contributed by atoms with E-state index in [4.69, 9.17) is 18.9 Å².